The third-order valence-corrected chi connectivity index (χ3v) is 4.87. The number of nitrogens with one attached hydrogen (secondary N) is 1. The van der Waals surface area contributed by atoms with E-state index in [9.17, 15) is 8.42 Å². The minimum absolute atomic E-state index is 0.0851. The Morgan fingerprint density at radius 3 is 2.44 bits per heavy atom. The number of nitrogens with two attached hydrogens (primary N) is 1. The van der Waals surface area contributed by atoms with Gasteiger partial charge in [-0.1, -0.05) is 36.7 Å². The number of sulfonamides is 1. The van der Waals surface area contributed by atoms with Gasteiger partial charge >= 0.3 is 0 Å². The molecule has 1 aromatic carbocycles. The number of hydrogen-bond acceptors (Lipinski definition) is 3. The molecule has 0 aromatic heterocycles. The van der Waals surface area contributed by atoms with Gasteiger partial charge in [-0.05, 0) is 30.5 Å². The Bertz CT molecular complexity index is 515. The zero-order valence-electron chi connectivity index (χ0n) is 10.8. The topological polar surface area (TPSA) is 72.2 Å². The van der Waals surface area contributed by atoms with Crippen molar-refractivity contribution >= 4 is 31.6 Å². The lowest BCUT2D eigenvalue weighted by Crippen LogP contribution is -2.38. The maximum Gasteiger partial charge on any atom is 0.242 e. The van der Waals surface area contributed by atoms with Crippen molar-refractivity contribution in [1.82, 2.24) is 4.72 Å². The standard InChI is InChI=1S/C12H19BrN2O2S/c1-4-11(8(2)3)15-18(16,17)12-6-5-9(13)7-10(12)14/h5-8,11,15H,4,14H2,1-3H3. The van der Waals surface area contributed by atoms with E-state index in [4.69, 9.17) is 5.73 Å². The van der Waals surface area contributed by atoms with E-state index < -0.39 is 10.0 Å². The lowest BCUT2D eigenvalue weighted by atomic mass is 10.0. The van der Waals surface area contributed by atoms with Crippen LogP contribution in [0.25, 0.3) is 0 Å². The van der Waals surface area contributed by atoms with Crippen LogP contribution >= 0.6 is 15.9 Å². The predicted molar refractivity (Wildman–Crippen MR) is 77.8 cm³/mol. The van der Waals surface area contributed by atoms with Crippen LogP contribution in [-0.2, 0) is 10.0 Å². The molecule has 0 fully saturated rings. The molecule has 102 valence electrons. The van der Waals surface area contributed by atoms with Crippen LogP contribution in [0.2, 0.25) is 0 Å². The van der Waals surface area contributed by atoms with E-state index in [1.165, 1.54) is 6.07 Å². The van der Waals surface area contributed by atoms with Crippen molar-refractivity contribution in [3.63, 3.8) is 0 Å². The fraction of sp³-hybridized carbons (Fsp3) is 0.500. The van der Waals surface area contributed by atoms with Gasteiger partial charge in [0.05, 0.1) is 5.69 Å². The summed E-state index contributed by atoms with van der Waals surface area (Å²) in [6, 6.07) is 4.68. The second-order valence-corrected chi connectivity index (χ2v) is 7.16. The number of nitrogen functional groups attached to an aromatic ring is 1. The van der Waals surface area contributed by atoms with E-state index in [2.05, 4.69) is 20.7 Å². The summed E-state index contributed by atoms with van der Waals surface area (Å²) in [5.74, 6) is 0.237. The summed E-state index contributed by atoms with van der Waals surface area (Å²) in [6.45, 7) is 5.93. The zero-order chi connectivity index (χ0) is 13.9. The maximum atomic E-state index is 12.2. The van der Waals surface area contributed by atoms with Crippen LogP contribution in [0, 0.1) is 5.92 Å². The van der Waals surface area contributed by atoms with Gasteiger partial charge in [0.1, 0.15) is 4.90 Å². The third-order valence-electron chi connectivity index (χ3n) is 2.81. The second kappa shape index (κ2) is 6.04. The molecule has 0 amide bonds. The van der Waals surface area contributed by atoms with Gasteiger partial charge < -0.3 is 5.73 Å². The Labute approximate surface area is 117 Å². The summed E-state index contributed by atoms with van der Waals surface area (Å²) in [5.41, 5.74) is 6.00. The first-order valence-electron chi connectivity index (χ1n) is 5.85. The summed E-state index contributed by atoms with van der Waals surface area (Å²) < 4.78 is 27.9. The highest BCUT2D eigenvalue weighted by molar-refractivity contribution is 9.10. The second-order valence-electron chi connectivity index (χ2n) is 4.56. The van der Waals surface area contributed by atoms with Crippen molar-refractivity contribution in [3.8, 4) is 0 Å². The van der Waals surface area contributed by atoms with Crippen LogP contribution < -0.4 is 10.5 Å². The summed E-state index contributed by atoms with van der Waals surface area (Å²) in [4.78, 5) is 0.129. The molecule has 4 nitrogen and oxygen atoms in total. The highest BCUT2D eigenvalue weighted by atomic mass is 79.9. The minimum atomic E-state index is -3.56. The summed E-state index contributed by atoms with van der Waals surface area (Å²) in [6.07, 6.45) is 0.743. The Hall–Kier alpha value is -0.590. The van der Waals surface area contributed by atoms with Crippen molar-refractivity contribution in [1.29, 1.82) is 0 Å². The predicted octanol–water partition coefficient (Wildman–Crippen LogP) is 2.74. The summed E-state index contributed by atoms with van der Waals surface area (Å²) >= 11 is 3.26. The van der Waals surface area contributed by atoms with Crippen LogP contribution in [-0.4, -0.2) is 14.5 Å². The summed E-state index contributed by atoms with van der Waals surface area (Å²) in [7, 11) is -3.56. The lowest BCUT2D eigenvalue weighted by molar-refractivity contribution is 0.437. The smallest absolute Gasteiger partial charge is 0.242 e. The molecule has 0 saturated carbocycles. The monoisotopic (exact) mass is 334 g/mol. The van der Waals surface area contributed by atoms with E-state index in [-0.39, 0.29) is 22.5 Å². The van der Waals surface area contributed by atoms with Crippen LogP contribution in [0.4, 0.5) is 5.69 Å². The Morgan fingerprint density at radius 1 is 1.39 bits per heavy atom. The lowest BCUT2D eigenvalue weighted by Gasteiger charge is -2.21. The molecule has 1 unspecified atom stereocenters. The van der Waals surface area contributed by atoms with Crippen molar-refractivity contribution < 1.29 is 8.42 Å². The van der Waals surface area contributed by atoms with E-state index in [0.717, 1.165) is 10.9 Å². The van der Waals surface area contributed by atoms with Crippen molar-refractivity contribution in [3.05, 3.63) is 22.7 Å². The molecule has 0 heterocycles. The molecule has 6 heteroatoms. The van der Waals surface area contributed by atoms with Crippen molar-refractivity contribution in [2.45, 2.75) is 38.1 Å². The Morgan fingerprint density at radius 2 is 2.00 bits per heavy atom. The Kier molecular flexibility index (Phi) is 5.19. The average molecular weight is 335 g/mol. The zero-order valence-corrected chi connectivity index (χ0v) is 13.2. The maximum absolute atomic E-state index is 12.2. The fourth-order valence-corrected chi connectivity index (χ4v) is 3.68. The van der Waals surface area contributed by atoms with Crippen LogP contribution in [0.3, 0.4) is 0 Å². The van der Waals surface area contributed by atoms with Gasteiger partial charge in [-0.25, -0.2) is 13.1 Å². The molecular formula is C12H19BrN2O2S. The van der Waals surface area contributed by atoms with E-state index >= 15 is 0 Å². The molecule has 0 bridgehead atoms. The normalized spacial score (nSPS) is 13.8. The number of hydrogen-bond donors (Lipinski definition) is 2. The molecule has 0 aliphatic heterocycles. The molecule has 0 saturated heterocycles. The van der Waals surface area contributed by atoms with E-state index in [1.54, 1.807) is 12.1 Å². The molecule has 1 rings (SSSR count). The first-order chi connectivity index (χ1) is 8.27. The highest BCUT2D eigenvalue weighted by Gasteiger charge is 2.23. The fourth-order valence-electron chi connectivity index (χ4n) is 1.72. The van der Waals surface area contributed by atoms with Crippen molar-refractivity contribution in [2.24, 2.45) is 5.92 Å². The SMILES string of the molecule is CCC(NS(=O)(=O)c1ccc(Br)cc1N)C(C)C. The number of anilines is 1. The molecule has 3 N–H and O–H groups in total. The van der Waals surface area contributed by atoms with Gasteiger partial charge in [0, 0.05) is 10.5 Å². The summed E-state index contributed by atoms with van der Waals surface area (Å²) in [5, 5.41) is 0. The molecule has 0 spiro atoms. The molecule has 18 heavy (non-hydrogen) atoms. The van der Waals surface area contributed by atoms with Gasteiger partial charge in [-0.3, -0.25) is 0 Å². The largest absolute Gasteiger partial charge is 0.398 e. The Balaban J connectivity index is 3.06. The average Bonchev–Trinajstić information content (AvgIpc) is 2.24. The van der Waals surface area contributed by atoms with Crippen LogP contribution in [0.15, 0.2) is 27.6 Å². The first-order valence-corrected chi connectivity index (χ1v) is 8.13. The van der Waals surface area contributed by atoms with E-state index in [1.807, 2.05) is 20.8 Å². The van der Waals surface area contributed by atoms with Gasteiger partial charge in [0.2, 0.25) is 10.0 Å². The van der Waals surface area contributed by atoms with E-state index in [0.29, 0.717) is 0 Å². The molecule has 1 aromatic rings. The van der Waals surface area contributed by atoms with Crippen LogP contribution in [0.1, 0.15) is 27.2 Å². The first kappa shape index (κ1) is 15.5. The van der Waals surface area contributed by atoms with Crippen molar-refractivity contribution in [2.75, 3.05) is 5.73 Å². The minimum Gasteiger partial charge on any atom is -0.398 e. The third kappa shape index (κ3) is 3.70. The number of halogens is 1. The molecular weight excluding hydrogens is 316 g/mol. The molecule has 1 atom stereocenters. The van der Waals surface area contributed by atoms with Crippen LogP contribution in [0.5, 0.6) is 0 Å². The van der Waals surface area contributed by atoms with Gasteiger partial charge in [-0.2, -0.15) is 0 Å². The molecule has 0 radical (unpaired) electrons. The molecule has 0 aliphatic rings. The van der Waals surface area contributed by atoms with Gasteiger partial charge in [0.25, 0.3) is 0 Å². The molecule has 0 aliphatic carbocycles. The van der Waals surface area contributed by atoms with Gasteiger partial charge in [-0.15, -0.1) is 0 Å². The highest BCUT2D eigenvalue weighted by Crippen LogP contribution is 2.23. The number of rotatable bonds is 5. The quantitative estimate of drug-likeness (QED) is 0.813. The van der Waals surface area contributed by atoms with Gasteiger partial charge in [0.15, 0.2) is 0 Å². The number of benzene rings is 1.